The fourth-order valence-corrected chi connectivity index (χ4v) is 4.21. The van der Waals surface area contributed by atoms with Gasteiger partial charge in [-0.3, -0.25) is 9.59 Å². The number of benzene rings is 1. The van der Waals surface area contributed by atoms with Gasteiger partial charge < -0.3 is 9.80 Å². The topological polar surface area (TPSA) is 40.6 Å². The van der Waals surface area contributed by atoms with E-state index in [0.29, 0.717) is 31.0 Å². The molecular formula is C19H23F3N2O2S. The predicted octanol–water partition coefficient (Wildman–Crippen LogP) is 4.16. The lowest BCUT2D eigenvalue weighted by Crippen LogP contribution is -2.44. The van der Waals surface area contributed by atoms with E-state index >= 15 is 0 Å². The number of piperidine rings is 2. The van der Waals surface area contributed by atoms with E-state index in [1.54, 1.807) is 4.90 Å². The van der Waals surface area contributed by atoms with Crippen LogP contribution < -0.4 is 0 Å². The van der Waals surface area contributed by atoms with Gasteiger partial charge in [0.15, 0.2) is 0 Å². The quantitative estimate of drug-likeness (QED) is 0.713. The Morgan fingerprint density at radius 1 is 1.07 bits per heavy atom. The lowest BCUT2D eigenvalue weighted by Gasteiger charge is -2.36. The van der Waals surface area contributed by atoms with E-state index in [1.165, 1.54) is 24.3 Å². The van der Waals surface area contributed by atoms with Crippen LogP contribution in [0.1, 0.15) is 42.5 Å². The highest BCUT2D eigenvalue weighted by atomic mass is 32.2. The second-order valence-corrected chi connectivity index (χ2v) is 8.24. The van der Waals surface area contributed by atoms with Gasteiger partial charge in [0.2, 0.25) is 5.91 Å². The highest BCUT2D eigenvalue weighted by Crippen LogP contribution is 2.36. The maximum absolute atomic E-state index is 12.6. The van der Waals surface area contributed by atoms with Crippen molar-refractivity contribution in [1.29, 1.82) is 0 Å². The number of alkyl halides is 3. The van der Waals surface area contributed by atoms with Gasteiger partial charge in [0.25, 0.3) is 5.91 Å². The van der Waals surface area contributed by atoms with Crippen molar-refractivity contribution in [1.82, 2.24) is 9.80 Å². The molecule has 8 heteroatoms. The molecule has 0 N–H and O–H groups in total. The zero-order valence-corrected chi connectivity index (χ0v) is 15.8. The third-order valence-corrected chi connectivity index (χ3v) is 5.88. The molecule has 0 aliphatic carbocycles. The molecule has 0 bridgehead atoms. The monoisotopic (exact) mass is 400 g/mol. The average Bonchev–Trinajstić information content (AvgIpc) is 2.63. The fourth-order valence-electron chi connectivity index (χ4n) is 3.67. The summed E-state index contributed by atoms with van der Waals surface area (Å²) in [6, 6.07) is 5.57. The molecule has 1 aromatic rings. The molecule has 3 rings (SSSR count). The minimum absolute atomic E-state index is 0.0731. The molecule has 2 heterocycles. The molecule has 2 fully saturated rings. The van der Waals surface area contributed by atoms with Crippen LogP contribution in [0.4, 0.5) is 13.2 Å². The molecule has 1 aromatic carbocycles. The first-order valence-corrected chi connectivity index (χ1v) is 10.1. The number of halogens is 3. The first-order chi connectivity index (χ1) is 12.8. The van der Waals surface area contributed by atoms with Crippen LogP contribution in [0.3, 0.4) is 0 Å². The second kappa shape index (κ2) is 8.54. The molecule has 0 saturated carbocycles. The van der Waals surface area contributed by atoms with E-state index in [9.17, 15) is 22.8 Å². The second-order valence-electron chi connectivity index (χ2n) is 7.10. The molecule has 0 radical (unpaired) electrons. The molecule has 0 atom stereocenters. The Balaban J connectivity index is 1.50. The van der Waals surface area contributed by atoms with Gasteiger partial charge in [0.05, 0.1) is 0 Å². The number of amides is 2. The van der Waals surface area contributed by atoms with Crippen molar-refractivity contribution in [3.05, 3.63) is 29.8 Å². The van der Waals surface area contributed by atoms with Crippen molar-refractivity contribution >= 4 is 23.6 Å². The molecule has 0 unspecified atom stereocenters. The number of likely N-dealkylation sites (tertiary alicyclic amines) is 2. The highest BCUT2D eigenvalue weighted by molar-refractivity contribution is 8.00. The van der Waals surface area contributed by atoms with Gasteiger partial charge in [-0.05, 0) is 67.6 Å². The van der Waals surface area contributed by atoms with E-state index in [1.807, 2.05) is 4.90 Å². The minimum atomic E-state index is -4.33. The van der Waals surface area contributed by atoms with Crippen LogP contribution >= 0.6 is 11.8 Å². The van der Waals surface area contributed by atoms with Gasteiger partial charge in [-0.25, -0.2) is 0 Å². The Morgan fingerprint density at radius 3 is 2.33 bits per heavy atom. The molecule has 0 spiro atoms. The van der Waals surface area contributed by atoms with E-state index in [-0.39, 0.29) is 28.5 Å². The predicted molar refractivity (Wildman–Crippen MR) is 97.4 cm³/mol. The maximum atomic E-state index is 12.6. The van der Waals surface area contributed by atoms with E-state index in [4.69, 9.17) is 0 Å². The maximum Gasteiger partial charge on any atom is 0.446 e. The average molecular weight is 400 g/mol. The first kappa shape index (κ1) is 20.0. The van der Waals surface area contributed by atoms with E-state index in [0.717, 1.165) is 38.8 Å². The van der Waals surface area contributed by atoms with Gasteiger partial charge in [0.1, 0.15) is 0 Å². The van der Waals surface area contributed by atoms with Gasteiger partial charge >= 0.3 is 5.51 Å². The normalized spacial score (nSPS) is 19.4. The molecule has 0 aromatic heterocycles. The number of thioether (sulfide) groups is 1. The van der Waals surface area contributed by atoms with Crippen molar-refractivity contribution in [3.8, 4) is 0 Å². The number of carbonyl (C=O) groups is 2. The zero-order chi connectivity index (χ0) is 19.4. The Kier molecular flexibility index (Phi) is 6.34. The summed E-state index contributed by atoms with van der Waals surface area (Å²) in [6.07, 6.45) is 4.36. The van der Waals surface area contributed by atoms with Crippen LogP contribution in [-0.2, 0) is 4.79 Å². The number of hydrogen-bond acceptors (Lipinski definition) is 3. The van der Waals surface area contributed by atoms with Crippen LogP contribution in [-0.4, -0.2) is 53.3 Å². The number of hydrogen-bond donors (Lipinski definition) is 0. The smallest absolute Gasteiger partial charge is 0.342 e. The third-order valence-electron chi connectivity index (χ3n) is 5.14. The molecule has 2 amide bonds. The van der Waals surface area contributed by atoms with Gasteiger partial charge in [-0.15, -0.1) is 0 Å². The van der Waals surface area contributed by atoms with Gasteiger partial charge in [-0.1, -0.05) is 0 Å². The Morgan fingerprint density at radius 2 is 1.74 bits per heavy atom. The van der Waals surface area contributed by atoms with Crippen molar-refractivity contribution in [2.75, 3.05) is 26.2 Å². The summed E-state index contributed by atoms with van der Waals surface area (Å²) >= 11 is -0.183. The number of carbonyl (C=O) groups excluding carboxylic acids is 2. The lowest BCUT2D eigenvalue weighted by molar-refractivity contribution is -0.134. The van der Waals surface area contributed by atoms with Crippen molar-refractivity contribution in [2.45, 2.75) is 42.5 Å². The Hall–Kier alpha value is -1.70. The highest BCUT2D eigenvalue weighted by Gasteiger charge is 2.30. The molecule has 2 aliphatic rings. The third kappa shape index (κ3) is 5.64. The van der Waals surface area contributed by atoms with E-state index in [2.05, 4.69) is 0 Å². The Labute approximate surface area is 161 Å². The summed E-state index contributed by atoms with van der Waals surface area (Å²) in [5, 5.41) is 0. The summed E-state index contributed by atoms with van der Waals surface area (Å²) in [5.74, 6) is 0.490. The van der Waals surface area contributed by atoms with Crippen LogP contribution in [0, 0.1) is 5.92 Å². The summed E-state index contributed by atoms with van der Waals surface area (Å²) in [6.45, 7) is 2.83. The van der Waals surface area contributed by atoms with Gasteiger partial charge in [0, 0.05) is 43.1 Å². The molecule has 2 aliphatic heterocycles. The van der Waals surface area contributed by atoms with Crippen LogP contribution in [0.15, 0.2) is 29.2 Å². The summed E-state index contributed by atoms with van der Waals surface area (Å²) in [5.41, 5.74) is -3.92. The molecule has 4 nitrogen and oxygen atoms in total. The minimum Gasteiger partial charge on any atom is -0.342 e. The summed E-state index contributed by atoms with van der Waals surface area (Å²) < 4.78 is 37.2. The summed E-state index contributed by atoms with van der Waals surface area (Å²) in [4.78, 5) is 28.3. The summed E-state index contributed by atoms with van der Waals surface area (Å²) in [7, 11) is 0. The largest absolute Gasteiger partial charge is 0.446 e. The van der Waals surface area contributed by atoms with Crippen LogP contribution in [0.2, 0.25) is 0 Å². The SMILES string of the molecule is O=C1CCCCN1CC1CCN(C(=O)c2ccc(SC(F)(F)F)cc2)CC1. The van der Waals surface area contributed by atoms with Crippen LogP contribution in [0.5, 0.6) is 0 Å². The Bertz CT molecular complexity index is 671. The van der Waals surface area contributed by atoms with Gasteiger partial charge in [-0.2, -0.15) is 13.2 Å². The molecular weight excluding hydrogens is 377 g/mol. The van der Waals surface area contributed by atoms with Crippen molar-refractivity contribution in [2.24, 2.45) is 5.92 Å². The first-order valence-electron chi connectivity index (χ1n) is 9.25. The fraction of sp³-hybridized carbons (Fsp3) is 0.579. The molecule has 2 saturated heterocycles. The zero-order valence-electron chi connectivity index (χ0n) is 15.0. The number of rotatable bonds is 4. The number of nitrogens with zero attached hydrogens (tertiary/aromatic N) is 2. The molecule has 27 heavy (non-hydrogen) atoms. The van der Waals surface area contributed by atoms with Crippen LogP contribution in [0.25, 0.3) is 0 Å². The van der Waals surface area contributed by atoms with Crippen molar-refractivity contribution in [3.63, 3.8) is 0 Å². The van der Waals surface area contributed by atoms with E-state index < -0.39 is 5.51 Å². The standard InChI is InChI=1S/C19H23F3N2O2S/c20-19(21,22)27-16-6-4-15(5-7-16)18(26)23-11-8-14(9-12-23)13-24-10-2-1-3-17(24)25/h4-7,14H,1-3,8-13H2. The molecule has 148 valence electrons. The van der Waals surface area contributed by atoms with Crippen molar-refractivity contribution < 1.29 is 22.8 Å². The lowest BCUT2D eigenvalue weighted by atomic mass is 9.94.